The Morgan fingerprint density at radius 3 is 2.52 bits per heavy atom. The molecule has 0 saturated heterocycles. The SMILES string of the molecule is Cc1ccccc1-c1cnc(NC(=O)C2(O)CCC3(CC2)OC(=O)c2c[n+]([O-])ccc23)nc1. The second-order valence-corrected chi connectivity index (χ2v) is 8.61. The minimum Gasteiger partial charge on any atom is -0.619 e. The summed E-state index contributed by atoms with van der Waals surface area (Å²) < 4.78 is 6.16. The van der Waals surface area contributed by atoms with E-state index in [4.69, 9.17) is 4.74 Å². The zero-order valence-corrected chi connectivity index (χ0v) is 17.9. The number of ether oxygens (including phenoxy) is 1. The van der Waals surface area contributed by atoms with Crippen molar-refractivity contribution >= 4 is 17.8 Å². The third-order valence-electron chi connectivity index (χ3n) is 6.57. The Labute approximate surface area is 189 Å². The summed E-state index contributed by atoms with van der Waals surface area (Å²) in [6.07, 6.45) is 6.44. The molecular formula is C24H22N4O5. The topological polar surface area (TPSA) is 128 Å². The van der Waals surface area contributed by atoms with E-state index in [1.165, 1.54) is 12.4 Å². The maximum absolute atomic E-state index is 12.9. The first-order chi connectivity index (χ1) is 15.8. The van der Waals surface area contributed by atoms with Gasteiger partial charge in [0.05, 0.1) is 0 Å². The molecular weight excluding hydrogens is 424 g/mol. The first-order valence-corrected chi connectivity index (χ1v) is 10.7. The molecule has 2 aromatic heterocycles. The van der Waals surface area contributed by atoms with Crippen LogP contribution in [-0.4, -0.2) is 32.6 Å². The monoisotopic (exact) mass is 446 g/mol. The molecule has 0 unspecified atom stereocenters. The molecule has 0 bridgehead atoms. The predicted molar refractivity (Wildman–Crippen MR) is 117 cm³/mol. The van der Waals surface area contributed by atoms with Crippen LogP contribution < -0.4 is 10.0 Å². The average Bonchev–Trinajstić information content (AvgIpc) is 3.08. The molecule has 1 saturated carbocycles. The third-order valence-corrected chi connectivity index (χ3v) is 6.57. The van der Waals surface area contributed by atoms with Crippen LogP contribution in [0.4, 0.5) is 5.95 Å². The van der Waals surface area contributed by atoms with E-state index in [9.17, 15) is 19.9 Å². The summed E-state index contributed by atoms with van der Waals surface area (Å²) in [6.45, 7) is 1.99. The summed E-state index contributed by atoms with van der Waals surface area (Å²) in [6, 6.07) is 9.42. The Hall–Kier alpha value is -3.85. The summed E-state index contributed by atoms with van der Waals surface area (Å²) in [5.74, 6) is -1.06. The van der Waals surface area contributed by atoms with Gasteiger partial charge in [-0.1, -0.05) is 24.3 Å². The van der Waals surface area contributed by atoms with Gasteiger partial charge >= 0.3 is 5.97 Å². The number of carbonyl (C=O) groups excluding carboxylic acids is 2. The molecule has 1 aromatic carbocycles. The highest BCUT2D eigenvalue weighted by atomic mass is 16.6. The van der Waals surface area contributed by atoms with E-state index >= 15 is 0 Å². The van der Waals surface area contributed by atoms with E-state index in [1.807, 2.05) is 31.2 Å². The van der Waals surface area contributed by atoms with Gasteiger partial charge in [0.15, 0.2) is 12.4 Å². The molecule has 1 amide bonds. The highest BCUT2D eigenvalue weighted by molar-refractivity contribution is 5.96. The third kappa shape index (κ3) is 3.60. The zero-order valence-electron chi connectivity index (χ0n) is 17.9. The van der Waals surface area contributed by atoms with Gasteiger partial charge in [0, 0.05) is 29.6 Å². The maximum atomic E-state index is 12.9. The summed E-state index contributed by atoms with van der Waals surface area (Å²) in [4.78, 5) is 33.6. The Bertz CT molecular complexity index is 1250. The number of benzene rings is 1. The van der Waals surface area contributed by atoms with Gasteiger partial charge in [-0.2, -0.15) is 4.73 Å². The number of carbonyl (C=O) groups is 2. The van der Waals surface area contributed by atoms with Crippen LogP contribution in [0.3, 0.4) is 0 Å². The fourth-order valence-corrected chi connectivity index (χ4v) is 4.64. The number of hydrogen-bond acceptors (Lipinski definition) is 7. The van der Waals surface area contributed by atoms with Crippen molar-refractivity contribution in [2.24, 2.45) is 0 Å². The van der Waals surface area contributed by atoms with Crippen LogP contribution in [0.25, 0.3) is 11.1 Å². The molecule has 5 rings (SSSR count). The van der Waals surface area contributed by atoms with Gasteiger partial charge in [0.2, 0.25) is 5.95 Å². The first-order valence-electron chi connectivity index (χ1n) is 10.7. The second kappa shape index (κ2) is 7.63. The fraction of sp³-hybridized carbons (Fsp3) is 0.292. The number of nitrogens with zero attached hydrogens (tertiary/aromatic N) is 3. The molecule has 2 N–H and O–H groups in total. The Morgan fingerprint density at radius 1 is 1.12 bits per heavy atom. The standard InChI is InChI=1S/C24H22N4O5/c1-15-4-2-3-5-17(15)16-12-25-22(26-13-16)27-21(30)23(31)7-9-24(10-8-23)19-6-11-28(32)14-18(19)20(29)33-24/h2-6,11-14,31H,7-10H2,1H3,(H,25,26,27,30). The van der Waals surface area contributed by atoms with Crippen LogP contribution in [0.5, 0.6) is 0 Å². The van der Waals surface area contributed by atoms with E-state index in [-0.39, 0.29) is 37.2 Å². The van der Waals surface area contributed by atoms with Gasteiger partial charge in [-0.3, -0.25) is 10.1 Å². The lowest BCUT2D eigenvalue weighted by molar-refractivity contribution is -0.605. The number of pyridine rings is 1. The summed E-state index contributed by atoms with van der Waals surface area (Å²) in [5, 5.41) is 25.1. The lowest BCUT2D eigenvalue weighted by atomic mass is 9.72. The molecule has 2 aliphatic rings. The minimum absolute atomic E-state index is 0.0825. The Balaban J connectivity index is 1.28. The molecule has 1 fully saturated rings. The molecule has 1 aliphatic heterocycles. The van der Waals surface area contributed by atoms with Gasteiger partial charge in [0.25, 0.3) is 5.91 Å². The van der Waals surface area contributed by atoms with Crippen molar-refractivity contribution < 1.29 is 24.2 Å². The largest absolute Gasteiger partial charge is 0.619 e. The minimum atomic E-state index is -1.65. The maximum Gasteiger partial charge on any atom is 0.345 e. The van der Waals surface area contributed by atoms with Crippen molar-refractivity contribution in [3.63, 3.8) is 0 Å². The molecule has 9 nitrogen and oxygen atoms in total. The van der Waals surface area contributed by atoms with E-state index < -0.39 is 23.1 Å². The normalized spacial score (nSPS) is 23.8. The first kappa shape index (κ1) is 21.0. The van der Waals surface area contributed by atoms with Crippen molar-refractivity contribution in [1.82, 2.24) is 9.97 Å². The molecule has 33 heavy (non-hydrogen) atoms. The van der Waals surface area contributed by atoms with Crippen molar-refractivity contribution in [3.8, 4) is 11.1 Å². The molecule has 1 spiro atoms. The van der Waals surface area contributed by atoms with Gasteiger partial charge in [-0.15, -0.1) is 0 Å². The van der Waals surface area contributed by atoms with Crippen molar-refractivity contribution in [1.29, 1.82) is 0 Å². The zero-order chi connectivity index (χ0) is 23.2. The van der Waals surface area contributed by atoms with Crippen molar-refractivity contribution in [3.05, 3.63) is 77.0 Å². The number of aliphatic hydroxyl groups is 1. The number of aromatic nitrogens is 3. The number of rotatable bonds is 3. The number of amides is 1. The van der Waals surface area contributed by atoms with Gasteiger partial charge in [-0.25, -0.2) is 14.8 Å². The smallest absolute Gasteiger partial charge is 0.345 e. The highest BCUT2D eigenvalue weighted by Gasteiger charge is 2.53. The summed E-state index contributed by atoms with van der Waals surface area (Å²) in [5.41, 5.74) is 1.18. The Morgan fingerprint density at radius 2 is 1.82 bits per heavy atom. The molecule has 9 heteroatoms. The molecule has 168 valence electrons. The lowest BCUT2D eigenvalue weighted by Gasteiger charge is -2.40. The van der Waals surface area contributed by atoms with E-state index in [0.29, 0.717) is 10.3 Å². The number of fused-ring (bicyclic) bond motifs is 2. The molecule has 0 radical (unpaired) electrons. The van der Waals surface area contributed by atoms with Crippen LogP contribution in [0.2, 0.25) is 0 Å². The fourth-order valence-electron chi connectivity index (χ4n) is 4.64. The molecule has 1 aliphatic carbocycles. The summed E-state index contributed by atoms with van der Waals surface area (Å²) >= 11 is 0. The molecule has 3 heterocycles. The van der Waals surface area contributed by atoms with Gasteiger partial charge < -0.3 is 15.1 Å². The van der Waals surface area contributed by atoms with Crippen LogP contribution in [0.15, 0.2) is 55.1 Å². The van der Waals surface area contributed by atoms with Crippen LogP contribution in [0, 0.1) is 12.1 Å². The lowest BCUT2D eigenvalue weighted by Crippen LogP contribution is -2.49. The van der Waals surface area contributed by atoms with E-state index in [2.05, 4.69) is 15.3 Å². The molecule has 3 aromatic rings. The quantitative estimate of drug-likeness (QED) is 0.359. The second-order valence-electron chi connectivity index (χ2n) is 8.61. The van der Waals surface area contributed by atoms with Gasteiger partial charge in [-0.05, 0) is 43.7 Å². The van der Waals surface area contributed by atoms with Crippen molar-refractivity contribution in [2.75, 3.05) is 5.32 Å². The van der Waals surface area contributed by atoms with E-state index in [0.717, 1.165) is 16.7 Å². The number of aryl methyl sites for hydroxylation is 1. The number of anilines is 1. The van der Waals surface area contributed by atoms with Gasteiger partial charge in [0.1, 0.15) is 16.8 Å². The van der Waals surface area contributed by atoms with E-state index in [1.54, 1.807) is 18.5 Å². The summed E-state index contributed by atoms with van der Waals surface area (Å²) in [7, 11) is 0. The predicted octanol–water partition coefficient (Wildman–Crippen LogP) is 2.39. The average molecular weight is 446 g/mol. The number of hydrogen-bond donors (Lipinski definition) is 2. The highest BCUT2D eigenvalue weighted by Crippen LogP contribution is 2.49. The van der Waals surface area contributed by atoms with Crippen LogP contribution in [0.1, 0.15) is 47.2 Å². The number of nitrogens with one attached hydrogen (secondary N) is 1. The van der Waals surface area contributed by atoms with Crippen LogP contribution in [-0.2, 0) is 15.1 Å². The van der Waals surface area contributed by atoms with Crippen molar-refractivity contribution in [2.45, 2.75) is 43.8 Å². The Kier molecular flexibility index (Phi) is 4.86. The molecule has 0 atom stereocenters. The number of esters is 1. The van der Waals surface area contributed by atoms with Crippen LogP contribution >= 0.6 is 0 Å².